The van der Waals surface area contributed by atoms with Gasteiger partial charge in [-0.2, -0.15) is 5.10 Å². The van der Waals surface area contributed by atoms with Crippen molar-refractivity contribution in [1.82, 2.24) is 5.43 Å². The molecule has 0 spiro atoms. The predicted molar refractivity (Wildman–Crippen MR) is 83.1 cm³/mol. The summed E-state index contributed by atoms with van der Waals surface area (Å²) in [5.41, 5.74) is 5.75. The van der Waals surface area contributed by atoms with Gasteiger partial charge in [0, 0.05) is 11.3 Å². The monoisotopic (exact) mass is 272 g/mol. The third kappa shape index (κ3) is 4.19. The summed E-state index contributed by atoms with van der Waals surface area (Å²) in [6.45, 7) is 4.29. The second kappa shape index (κ2) is 7.22. The lowest BCUT2D eigenvalue weighted by atomic mass is 10.0. The van der Waals surface area contributed by atoms with Crippen molar-refractivity contribution in [2.45, 2.75) is 58.3 Å². The van der Waals surface area contributed by atoms with Crippen molar-refractivity contribution in [2.75, 3.05) is 0 Å². The molecule has 0 unspecified atom stereocenters. The van der Waals surface area contributed by atoms with E-state index in [0.29, 0.717) is 11.5 Å². The zero-order chi connectivity index (χ0) is 14.4. The Labute approximate surface area is 121 Å². The highest BCUT2D eigenvalue weighted by Crippen LogP contribution is 2.16. The van der Waals surface area contributed by atoms with Gasteiger partial charge < -0.3 is 0 Å². The second-order valence-corrected chi connectivity index (χ2v) is 5.81. The largest absolute Gasteiger partial charge is 0.271 e. The first kappa shape index (κ1) is 14.8. The molecular weight excluding hydrogens is 248 g/mol. The number of hydrogen-bond acceptors (Lipinski definition) is 2. The van der Waals surface area contributed by atoms with E-state index >= 15 is 0 Å². The van der Waals surface area contributed by atoms with Crippen molar-refractivity contribution in [3.05, 3.63) is 35.4 Å². The van der Waals surface area contributed by atoms with Crippen molar-refractivity contribution in [2.24, 2.45) is 5.10 Å². The molecule has 0 bridgehead atoms. The van der Waals surface area contributed by atoms with E-state index in [2.05, 4.69) is 24.4 Å². The number of carbonyl (C=O) groups excluding carboxylic acids is 1. The Morgan fingerprint density at radius 2 is 1.65 bits per heavy atom. The Hall–Kier alpha value is -1.64. The molecule has 0 radical (unpaired) electrons. The Bertz CT molecular complexity index is 464. The first-order valence-corrected chi connectivity index (χ1v) is 7.62. The highest BCUT2D eigenvalue weighted by Gasteiger charge is 2.08. The van der Waals surface area contributed by atoms with Crippen LogP contribution in [0.5, 0.6) is 0 Å². The summed E-state index contributed by atoms with van der Waals surface area (Å²) < 4.78 is 0. The molecule has 1 fully saturated rings. The zero-order valence-corrected chi connectivity index (χ0v) is 12.5. The highest BCUT2D eigenvalue weighted by molar-refractivity contribution is 5.95. The molecule has 1 aliphatic rings. The molecule has 2 rings (SSSR count). The normalized spacial score (nSPS) is 15.8. The molecule has 3 nitrogen and oxygen atoms in total. The van der Waals surface area contributed by atoms with Crippen LogP contribution in [0.3, 0.4) is 0 Å². The maximum Gasteiger partial charge on any atom is 0.271 e. The fourth-order valence-corrected chi connectivity index (χ4v) is 2.46. The molecule has 1 aromatic carbocycles. The van der Waals surface area contributed by atoms with Crippen LogP contribution in [0, 0.1) is 0 Å². The van der Waals surface area contributed by atoms with Gasteiger partial charge >= 0.3 is 0 Å². The molecule has 1 aromatic rings. The van der Waals surface area contributed by atoms with E-state index in [0.717, 1.165) is 18.6 Å². The molecule has 1 aliphatic carbocycles. The van der Waals surface area contributed by atoms with E-state index in [-0.39, 0.29) is 5.91 Å². The number of hydrogen-bond donors (Lipinski definition) is 1. The van der Waals surface area contributed by atoms with Gasteiger partial charge in [-0.25, -0.2) is 5.43 Å². The van der Waals surface area contributed by atoms with Gasteiger partial charge in [-0.15, -0.1) is 0 Å². The lowest BCUT2D eigenvalue weighted by Gasteiger charge is -2.07. The molecular formula is C17H24N2O. The molecule has 0 atom stereocenters. The van der Waals surface area contributed by atoms with Crippen molar-refractivity contribution in [3.63, 3.8) is 0 Å². The van der Waals surface area contributed by atoms with Gasteiger partial charge in [0.1, 0.15) is 0 Å². The Morgan fingerprint density at radius 1 is 1.05 bits per heavy atom. The van der Waals surface area contributed by atoms with Gasteiger partial charge in [-0.3, -0.25) is 4.79 Å². The summed E-state index contributed by atoms with van der Waals surface area (Å²) >= 11 is 0. The summed E-state index contributed by atoms with van der Waals surface area (Å²) in [5, 5.41) is 4.29. The van der Waals surface area contributed by atoms with Crippen LogP contribution in [0.2, 0.25) is 0 Å². The summed E-state index contributed by atoms with van der Waals surface area (Å²) in [6.07, 6.45) is 6.99. The van der Waals surface area contributed by atoms with Crippen LogP contribution in [0.4, 0.5) is 0 Å². The Morgan fingerprint density at radius 3 is 2.20 bits per heavy atom. The molecule has 0 saturated heterocycles. The molecule has 0 aromatic heterocycles. The maximum absolute atomic E-state index is 12.0. The molecule has 0 aliphatic heterocycles. The number of carbonyl (C=O) groups is 1. The van der Waals surface area contributed by atoms with Crippen molar-refractivity contribution >= 4 is 11.6 Å². The van der Waals surface area contributed by atoms with Gasteiger partial charge in [-0.1, -0.05) is 38.8 Å². The molecule has 1 N–H and O–H groups in total. The molecule has 108 valence electrons. The second-order valence-electron chi connectivity index (χ2n) is 5.81. The van der Waals surface area contributed by atoms with Gasteiger partial charge in [0.15, 0.2) is 0 Å². The van der Waals surface area contributed by atoms with Crippen LogP contribution in [-0.4, -0.2) is 11.6 Å². The summed E-state index contributed by atoms with van der Waals surface area (Å²) in [7, 11) is 0. The summed E-state index contributed by atoms with van der Waals surface area (Å²) in [4.78, 5) is 12.0. The number of nitrogens with zero attached hydrogens (tertiary/aromatic N) is 1. The fourth-order valence-electron chi connectivity index (χ4n) is 2.46. The third-order valence-corrected chi connectivity index (χ3v) is 3.84. The van der Waals surface area contributed by atoms with Gasteiger partial charge in [0.2, 0.25) is 0 Å². The van der Waals surface area contributed by atoms with Crippen LogP contribution in [-0.2, 0) is 0 Å². The number of rotatable bonds is 3. The molecule has 0 heterocycles. The molecule has 1 amide bonds. The van der Waals surface area contributed by atoms with Crippen molar-refractivity contribution in [1.29, 1.82) is 0 Å². The number of amides is 1. The number of benzene rings is 1. The SMILES string of the molecule is CC(C)c1ccc(C(=O)NN=C2CCCCCC2)cc1. The number of nitrogens with one attached hydrogen (secondary N) is 1. The van der Waals surface area contributed by atoms with Gasteiger partial charge in [-0.05, 0) is 49.3 Å². The minimum Gasteiger partial charge on any atom is -0.267 e. The average molecular weight is 272 g/mol. The minimum absolute atomic E-state index is 0.114. The zero-order valence-electron chi connectivity index (χ0n) is 12.5. The average Bonchev–Trinajstić information content (AvgIpc) is 2.73. The lowest BCUT2D eigenvalue weighted by molar-refractivity contribution is 0.0954. The Balaban J connectivity index is 1.95. The van der Waals surface area contributed by atoms with E-state index in [4.69, 9.17) is 0 Å². The molecule has 1 saturated carbocycles. The lowest BCUT2D eigenvalue weighted by Crippen LogP contribution is -2.19. The summed E-state index contributed by atoms with van der Waals surface area (Å²) in [6, 6.07) is 7.77. The molecule has 20 heavy (non-hydrogen) atoms. The van der Waals surface area contributed by atoms with Gasteiger partial charge in [0.25, 0.3) is 5.91 Å². The minimum atomic E-state index is -0.114. The fraction of sp³-hybridized carbons (Fsp3) is 0.529. The van der Waals surface area contributed by atoms with Crippen LogP contribution < -0.4 is 5.43 Å². The first-order valence-electron chi connectivity index (χ1n) is 7.62. The van der Waals surface area contributed by atoms with Crippen LogP contribution in [0.1, 0.15) is 74.2 Å². The highest BCUT2D eigenvalue weighted by atomic mass is 16.2. The van der Waals surface area contributed by atoms with Crippen LogP contribution in [0.15, 0.2) is 29.4 Å². The van der Waals surface area contributed by atoms with Gasteiger partial charge in [0.05, 0.1) is 0 Å². The smallest absolute Gasteiger partial charge is 0.267 e. The standard InChI is InChI=1S/C17H24N2O/c1-13(2)14-9-11-15(12-10-14)17(20)19-18-16-7-5-3-4-6-8-16/h9-13H,3-8H2,1-2H3,(H,19,20). The quantitative estimate of drug-likeness (QED) is 0.648. The summed E-state index contributed by atoms with van der Waals surface area (Å²) in [5.74, 6) is 0.371. The van der Waals surface area contributed by atoms with Crippen molar-refractivity contribution < 1.29 is 4.79 Å². The maximum atomic E-state index is 12.0. The van der Waals surface area contributed by atoms with E-state index in [9.17, 15) is 4.79 Å². The van der Waals surface area contributed by atoms with Crippen molar-refractivity contribution in [3.8, 4) is 0 Å². The predicted octanol–water partition coefficient (Wildman–Crippen LogP) is 4.25. The third-order valence-electron chi connectivity index (χ3n) is 3.84. The first-order chi connectivity index (χ1) is 9.66. The van der Waals surface area contributed by atoms with E-state index < -0.39 is 0 Å². The van der Waals surface area contributed by atoms with Crippen LogP contribution in [0.25, 0.3) is 0 Å². The van der Waals surface area contributed by atoms with Crippen LogP contribution >= 0.6 is 0 Å². The number of hydrazone groups is 1. The van der Waals surface area contributed by atoms with E-state index in [1.54, 1.807) is 0 Å². The molecule has 3 heteroatoms. The van der Waals surface area contributed by atoms with E-state index in [1.807, 2.05) is 24.3 Å². The topological polar surface area (TPSA) is 41.5 Å². The van der Waals surface area contributed by atoms with E-state index in [1.165, 1.54) is 31.2 Å². The Kier molecular flexibility index (Phi) is 5.33.